The Labute approximate surface area is 152 Å². The van der Waals surface area contributed by atoms with Gasteiger partial charge in [0.05, 0.1) is 11.1 Å². The SMILES string of the molecule is CCN1C(=O)C(C)(C)c2cc3c4c([nH]c3cc21)-c1n[nH]c(C)c1CCC4. The maximum Gasteiger partial charge on any atom is 0.237 e. The molecule has 5 heteroatoms. The minimum atomic E-state index is -0.470. The molecule has 0 fully saturated rings. The zero-order chi connectivity index (χ0) is 18.2. The van der Waals surface area contributed by atoms with Gasteiger partial charge in [0.15, 0.2) is 0 Å². The Hall–Kier alpha value is -2.56. The molecule has 1 amide bonds. The van der Waals surface area contributed by atoms with Crippen LogP contribution in [0.4, 0.5) is 5.69 Å². The van der Waals surface area contributed by atoms with E-state index in [1.165, 1.54) is 16.5 Å². The quantitative estimate of drug-likeness (QED) is 0.698. The van der Waals surface area contributed by atoms with Crippen molar-refractivity contribution >= 4 is 22.5 Å². The normalized spacial score (nSPS) is 18.0. The minimum Gasteiger partial charge on any atom is -0.353 e. The molecule has 1 aliphatic carbocycles. The number of hydrogen-bond donors (Lipinski definition) is 2. The first-order valence-corrected chi connectivity index (χ1v) is 9.48. The predicted molar refractivity (Wildman–Crippen MR) is 104 cm³/mol. The molecule has 0 saturated heterocycles. The van der Waals surface area contributed by atoms with Crippen molar-refractivity contribution in [3.05, 3.63) is 34.5 Å². The first-order valence-electron chi connectivity index (χ1n) is 9.48. The lowest BCUT2D eigenvalue weighted by Gasteiger charge is -2.18. The van der Waals surface area contributed by atoms with Crippen molar-refractivity contribution in [1.82, 2.24) is 15.2 Å². The van der Waals surface area contributed by atoms with Gasteiger partial charge in [-0.05, 0) is 70.2 Å². The Morgan fingerprint density at radius 2 is 2.00 bits per heavy atom. The van der Waals surface area contributed by atoms with Crippen LogP contribution in [0, 0.1) is 6.92 Å². The smallest absolute Gasteiger partial charge is 0.237 e. The number of hydrogen-bond acceptors (Lipinski definition) is 2. The van der Waals surface area contributed by atoms with Crippen LogP contribution in [0.15, 0.2) is 12.1 Å². The maximum atomic E-state index is 12.8. The van der Waals surface area contributed by atoms with Gasteiger partial charge in [0.2, 0.25) is 5.91 Å². The van der Waals surface area contributed by atoms with Gasteiger partial charge in [-0.25, -0.2) is 0 Å². The topological polar surface area (TPSA) is 64.8 Å². The lowest BCUT2D eigenvalue weighted by atomic mass is 9.85. The summed E-state index contributed by atoms with van der Waals surface area (Å²) in [6, 6.07) is 4.41. The number of carbonyl (C=O) groups excluding carboxylic acids is 1. The molecule has 0 unspecified atom stereocenters. The highest BCUT2D eigenvalue weighted by atomic mass is 16.2. The summed E-state index contributed by atoms with van der Waals surface area (Å²) in [6.07, 6.45) is 3.21. The van der Waals surface area contributed by atoms with E-state index in [2.05, 4.69) is 34.2 Å². The van der Waals surface area contributed by atoms with E-state index in [9.17, 15) is 4.79 Å². The third-order valence-corrected chi connectivity index (χ3v) is 6.25. The fourth-order valence-electron chi connectivity index (χ4n) is 4.75. The number of aromatic amines is 2. The number of amides is 1. The van der Waals surface area contributed by atoms with Crippen LogP contribution >= 0.6 is 0 Å². The van der Waals surface area contributed by atoms with Crippen LogP contribution in [0.1, 0.15) is 49.6 Å². The number of aromatic nitrogens is 3. The van der Waals surface area contributed by atoms with Crippen molar-refractivity contribution in [2.45, 2.75) is 52.4 Å². The van der Waals surface area contributed by atoms with E-state index in [1.54, 1.807) is 0 Å². The molecule has 3 heterocycles. The zero-order valence-electron chi connectivity index (χ0n) is 15.8. The Kier molecular flexibility index (Phi) is 3.01. The number of rotatable bonds is 1. The molecule has 2 aromatic heterocycles. The summed E-state index contributed by atoms with van der Waals surface area (Å²) in [5.74, 6) is 0.193. The molecule has 3 aromatic rings. The molecule has 0 atom stereocenters. The Morgan fingerprint density at radius 1 is 1.23 bits per heavy atom. The van der Waals surface area contributed by atoms with E-state index < -0.39 is 5.41 Å². The van der Waals surface area contributed by atoms with Gasteiger partial charge in [-0.15, -0.1) is 0 Å². The van der Waals surface area contributed by atoms with Crippen molar-refractivity contribution in [3.63, 3.8) is 0 Å². The van der Waals surface area contributed by atoms with Gasteiger partial charge in [-0.2, -0.15) is 5.10 Å². The van der Waals surface area contributed by atoms with E-state index >= 15 is 0 Å². The summed E-state index contributed by atoms with van der Waals surface area (Å²) < 4.78 is 0. The van der Waals surface area contributed by atoms with Crippen LogP contribution in [0.25, 0.3) is 22.3 Å². The van der Waals surface area contributed by atoms with Gasteiger partial charge in [0.25, 0.3) is 0 Å². The highest BCUT2D eigenvalue weighted by molar-refractivity contribution is 6.10. The second-order valence-electron chi connectivity index (χ2n) is 8.10. The first-order chi connectivity index (χ1) is 12.4. The maximum absolute atomic E-state index is 12.8. The standard InChI is InChI=1S/C21H24N4O/c1-5-25-17-10-16-14(9-15(17)21(3,4)20(25)26)13-8-6-7-12-11(2)23-24-19(12)18(13)22-16/h9-10,22H,5-8H2,1-4H3,(H,23,24). The highest BCUT2D eigenvalue weighted by Crippen LogP contribution is 2.45. The summed E-state index contributed by atoms with van der Waals surface area (Å²) in [7, 11) is 0. The second-order valence-corrected chi connectivity index (χ2v) is 8.10. The summed E-state index contributed by atoms with van der Waals surface area (Å²) in [5, 5.41) is 8.97. The molecule has 0 bridgehead atoms. The van der Waals surface area contributed by atoms with Crippen molar-refractivity contribution in [3.8, 4) is 11.4 Å². The van der Waals surface area contributed by atoms with Gasteiger partial charge < -0.3 is 9.88 Å². The molecule has 1 aliphatic heterocycles. The van der Waals surface area contributed by atoms with Gasteiger partial charge in [-0.3, -0.25) is 9.89 Å². The third kappa shape index (κ3) is 1.81. The van der Waals surface area contributed by atoms with Gasteiger partial charge >= 0.3 is 0 Å². The number of likely N-dealkylation sites (N-methyl/N-ethyl adjacent to an activating group) is 1. The van der Waals surface area contributed by atoms with Crippen LogP contribution in [0.5, 0.6) is 0 Å². The van der Waals surface area contributed by atoms with E-state index in [-0.39, 0.29) is 5.91 Å². The number of carbonyl (C=O) groups is 1. The second kappa shape index (κ2) is 5.00. The number of aryl methyl sites for hydroxylation is 2. The van der Waals surface area contributed by atoms with E-state index in [0.29, 0.717) is 6.54 Å². The molecule has 1 aromatic carbocycles. The Bertz CT molecular complexity index is 1070. The number of nitrogens with one attached hydrogen (secondary N) is 2. The average molecular weight is 348 g/mol. The lowest BCUT2D eigenvalue weighted by molar-refractivity contribution is -0.122. The van der Waals surface area contributed by atoms with E-state index in [0.717, 1.165) is 53.1 Å². The Morgan fingerprint density at radius 3 is 2.77 bits per heavy atom. The summed E-state index contributed by atoms with van der Waals surface area (Å²) >= 11 is 0. The number of anilines is 1. The summed E-state index contributed by atoms with van der Waals surface area (Å²) in [6.45, 7) is 8.91. The van der Waals surface area contributed by atoms with Gasteiger partial charge in [0.1, 0.15) is 5.69 Å². The number of nitrogens with zero attached hydrogens (tertiary/aromatic N) is 2. The van der Waals surface area contributed by atoms with Crippen LogP contribution < -0.4 is 4.90 Å². The molecular weight excluding hydrogens is 324 g/mol. The van der Waals surface area contributed by atoms with E-state index in [4.69, 9.17) is 0 Å². The largest absolute Gasteiger partial charge is 0.353 e. The van der Waals surface area contributed by atoms with Crippen molar-refractivity contribution in [1.29, 1.82) is 0 Å². The summed E-state index contributed by atoms with van der Waals surface area (Å²) in [5.41, 5.74) is 8.86. The molecule has 26 heavy (non-hydrogen) atoms. The van der Waals surface area contributed by atoms with Crippen LogP contribution in [0.2, 0.25) is 0 Å². The van der Waals surface area contributed by atoms with Crippen molar-refractivity contribution in [2.24, 2.45) is 0 Å². The fourth-order valence-corrected chi connectivity index (χ4v) is 4.75. The molecule has 5 rings (SSSR count). The molecular formula is C21H24N4O. The predicted octanol–water partition coefficient (Wildman–Crippen LogP) is 4.00. The molecule has 134 valence electrons. The zero-order valence-corrected chi connectivity index (χ0v) is 15.8. The average Bonchev–Trinajstić information content (AvgIpc) is 3.15. The van der Waals surface area contributed by atoms with E-state index in [1.807, 2.05) is 25.7 Å². The molecule has 2 N–H and O–H groups in total. The van der Waals surface area contributed by atoms with Crippen LogP contribution in [-0.4, -0.2) is 27.6 Å². The van der Waals surface area contributed by atoms with Crippen molar-refractivity contribution in [2.75, 3.05) is 11.4 Å². The number of benzene rings is 1. The van der Waals surface area contributed by atoms with Gasteiger partial charge in [-0.1, -0.05) is 0 Å². The fraction of sp³-hybridized carbons (Fsp3) is 0.429. The highest BCUT2D eigenvalue weighted by Gasteiger charge is 2.43. The number of fused-ring (bicyclic) bond motifs is 6. The monoisotopic (exact) mass is 348 g/mol. The minimum absolute atomic E-state index is 0.193. The third-order valence-electron chi connectivity index (χ3n) is 6.25. The summed E-state index contributed by atoms with van der Waals surface area (Å²) in [4.78, 5) is 18.4. The first kappa shape index (κ1) is 15.7. The molecule has 0 spiro atoms. The molecule has 0 radical (unpaired) electrons. The van der Waals surface area contributed by atoms with Crippen molar-refractivity contribution < 1.29 is 4.79 Å². The molecule has 5 nitrogen and oxygen atoms in total. The number of H-pyrrole nitrogens is 2. The molecule has 0 saturated carbocycles. The Balaban J connectivity index is 1.80. The molecule has 2 aliphatic rings. The van der Waals surface area contributed by atoms with Crippen LogP contribution in [-0.2, 0) is 23.1 Å². The van der Waals surface area contributed by atoms with Crippen LogP contribution in [0.3, 0.4) is 0 Å². The van der Waals surface area contributed by atoms with Gasteiger partial charge in [0, 0.05) is 34.4 Å². The lowest BCUT2D eigenvalue weighted by Crippen LogP contribution is -2.35.